The molecule has 0 aliphatic carbocycles. The molecule has 0 radical (unpaired) electrons. The Kier molecular flexibility index (Phi) is 4.50. The van der Waals surface area contributed by atoms with Crippen molar-refractivity contribution in [2.45, 2.75) is 22.8 Å². The second-order valence-corrected chi connectivity index (χ2v) is 6.10. The van der Waals surface area contributed by atoms with E-state index in [4.69, 9.17) is 4.74 Å². The van der Waals surface area contributed by atoms with Crippen molar-refractivity contribution in [3.05, 3.63) is 42.1 Å². The second kappa shape index (κ2) is 6.71. The number of nitriles is 1. The molecule has 0 unspecified atom stereocenters. The highest BCUT2D eigenvalue weighted by Crippen LogP contribution is 2.38. The summed E-state index contributed by atoms with van der Waals surface area (Å²) >= 11 is 1.48. The SMILES string of the molecule is COc1ccccc1Sc1nccc(N2CCCC2)c1C#N. The van der Waals surface area contributed by atoms with Crippen molar-refractivity contribution in [3.8, 4) is 11.8 Å². The van der Waals surface area contributed by atoms with Crippen LogP contribution < -0.4 is 9.64 Å². The predicted octanol–water partition coefficient (Wildman–Crippen LogP) is 3.71. The zero-order valence-corrected chi connectivity index (χ0v) is 13.3. The van der Waals surface area contributed by atoms with Crippen LogP contribution in [-0.4, -0.2) is 25.2 Å². The molecule has 0 bridgehead atoms. The fraction of sp³-hybridized carbons (Fsp3) is 0.294. The van der Waals surface area contributed by atoms with E-state index in [1.54, 1.807) is 13.3 Å². The van der Waals surface area contributed by atoms with Gasteiger partial charge in [-0.3, -0.25) is 0 Å². The summed E-state index contributed by atoms with van der Waals surface area (Å²) in [6, 6.07) is 12.1. The van der Waals surface area contributed by atoms with E-state index < -0.39 is 0 Å². The van der Waals surface area contributed by atoms with Gasteiger partial charge in [0, 0.05) is 19.3 Å². The summed E-state index contributed by atoms with van der Waals surface area (Å²) in [6.07, 6.45) is 4.15. The third kappa shape index (κ3) is 2.88. The number of ether oxygens (including phenoxy) is 1. The highest BCUT2D eigenvalue weighted by Gasteiger charge is 2.19. The van der Waals surface area contributed by atoms with Gasteiger partial charge in [0.05, 0.1) is 17.7 Å². The van der Waals surface area contributed by atoms with Gasteiger partial charge in [0.15, 0.2) is 0 Å². The summed E-state index contributed by atoms with van der Waals surface area (Å²) in [4.78, 5) is 7.65. The number of methoxy groups -OCH3 is 1. The van der Waals surface area contributed by atoms with Gasteiger partial charge < -0.3 is 9.64 Å². The number of hydrogen-bond acceptors (Lipinski definition) is 5. The molecule has 1 aliphatic rings. The van der Waals surface area contributed by atoms with Crippen LogP contribution in [0.2, 0.25) is 0 Å². The number of aromatic nitrogens is 1. The Bertz CT molecular complexity index is 705. The normalized spacial score (nSPS) is 13.9. The monoisotopic (exact) mass is 311 g/mol. The van der Waals surface area contributed by atoms with Crippen LogP contribution in [0.1, 0.15) is 18.4 Å². The van der Waals surface area contributed by atoms with Gasteiger partial charge in [-0.15, -0.1) is 0 Å². The average molecular weight is 311 g/mol. The van der Waals surface area contributed by atoms with E-state index in [-0.39, 0.29) is 0 Å². The Labute approximate surface area is 134 Å². The van der Waals surface area contributed by atoms with Crippen LogP contribution in [0, 0.1) is 11.3 Å². The Morgan fingerprint density at radius 3 is 2.73 bits per heavy atom. The Morgan fingerprint density at radius 2 is 2.00 bits per heavy atom. The van der Waals surface area contributed by atoms with Crippen molar-refractivity contribution in [1.82, 2.24) is 4.98 Å². The van der Waals surface area contributed by atoms with E-state index in [0.717, 1.165) is 34.4 Å². The molecule has 0 amide bonds. The lowest BCUT2D eigenvalue weighted by Crippen LogP contribution is -2.19. The van der Waals surface area contributed by atoms with E-state index in [1.807, 2.05) is 30.3 Å². The zero-order chi connectivity index (χ0) is 15.4. The Balaban J connectivity index is 1.97. The quantitative estimate of drug-likeness (QED) is 0.861. The number of nitrogens with zero attached hydrogens (tertiary/aromatic N) is 3. The van der Waals surface area contributed by atoms with Crippen LogP contribution in [0.4, 0.5) is 5.69 Å². The van der Waals surface area contributed by atoms with Crippen molar-refractivity contribution < 1.29 is 4.74 Å². The van der Waals surface area contributed by atoms with Crippen LogP contribution in [-0.2, 0) is 0 Å². The number of hydrogen-bond donors (Lipinski definition) is 0. The molecule has 1 fully saturated rings. The third-order valence-electron chi connectivity index (χ3n) is 3.73. The number of anilines is 1. The number of para-hydroxylation sites is 1. The summed E-state index contributed by atoms with van der Waals surface area (Å²) < 4.78 is 5.38. The van der Waals surface area contributed by atoms with E-state index in [2.05, 4.69) is 16.0 Å². The molecule has 2 aromatic rings. The molecule has 22 heavy (non-hydrogen) atoms. The topological polar surface area (TPSA) is 49.1 Å². The first kappa shape index (κ1) is 14.7. The second-order valence-electron chi connectivity index (χ2n) is 5.07. The van der Waals surface area contributed by atoms with Crippen molar-refractivity contribution in [2.24, 2.45) is 0 Å². The van der Waals surface area contributed by atoms with Gasteiger partial charge in [-0.1, -0.05) is 23.9 Å². The van der Waals surface area contributed by atoms with Crippen molar-refractivity contribution >= 4 is 17.4 Å². The highest BCUT2D eigenvalue weighted by atomic mass is 32.2. The molecular formula is C17H17N3OS. The summed E-state index contributed by atoms with van der Waals surface area (Å²) in [7, 11) is 1.65. The maximum absolute atomic E-state index is 9.60. The van der Waals surface area contributed by atoms with Crippen LogP contribution in [0.25, 0.3) is 0 Å². The predicted molar refractivity (Wildman–Crippen MR) is 87.5 cm³/mol. The van der Waals surface area contributed by atoms with Gasteiger partial charge in [-0.25, -0.2) is 4.98 Å². The van der Waals surface area contributed by atoms with Crippen LogP contribution >= 0.6 is 11.8 Å². The van der Waals surface area contributed by atoms with Crippen molar-refractivity contribution in [3.63, 3.8) is 0 Å². The van der Waals surface area contributed by atoms with Gasteiger partial charge in [-0.2, -0.15) is 5.26 Å². The molecular weight excluding hydrogens is 294 g/mol. The first-order valence-corrected chi connectivity index (χ1v) is 8.10. The summed E-state index contributed by atoms with van der Waals surface area (Å²) in [5.74, 6) is 0.796. The lowest BCUT2D eigenvalue weighted by atomic mass is 10.2. The Hall–Kier alpha value is -2.19. The molecule has 0 spiro atoms. The average Bonchev–Trinajstić information content (AvgIpc) is 3.09. The van der Waals surface area contributed by atoms with Crippen molar-refractivity contribution in [2.75, 3.05) is 25.1 Å². The van der Waals surface area contributed by atoms with Gasteiger partial charge in [-0.05, 0) is 31.0 Å². The van der Waals surface area contributed by atoms with Crippen molar-refractivity contribution in [1.29, 1.82) is 5.26 Å². The van der Waals surface area contributed by atoms with E-state index in [9.17, 15) is 5.26 Å². The minimum absolute atomic E-state index is 0.653. The summed E-state index contributed by atoms with van der Waals surface area (Å²) in [6.45, 7) is 2.02. The number of benzene rings is 1. The molecule has 1 aromatic heterocycles. The summed E-state index contributed by atoms with van der Waals surface area (Å²) in [5.41, 5.74) is 1.65. The molecule has 0 N–H and O–H groups in total. The van der Waals surface area contributed by atoms with Gasteiger partial charge in [0.25, 0.3) is 0 Å². The number of rotatable bonds is 4. The first-order valence-electron chi connectivity index (χ1n) is 7.28. The maximum Gasteiger partial charge on any atom is 0.132 e. The van der Waals surface area contributed by atoms with E-state index in [1.165, 1.54) is 24.6 Å². The van der Waals surface area contributed by atoms with Crippen LogP contribution in [0.5, 0.6) is 5.75 Å². The fourth-order valence-electron chi connectivity index (χ4n) is 2.64. The molecule has 0 saturated carbocycles. The minimum atomic E-state index is 0.653. The lowest BCUT2D eigenvalue weighted by molar-refractivity contribution is 0.405. The summed E-state index contributed by atoms with van der Waals surface area (Å²) in [5, 5.41) is 10.3. The van der Waals surface area contributed by atoms with Gasteiger partial charge >= 0.3 is 0 Å². The van der Waals surface area contributed by atoms with Crippen LogP contribution in [0.15, 0.2) is 46.5 Å². The standard InChI is InChI=1S/C17H17N3OS/c1-21-15-6-2-3-7-16(15)22-17-13(12-18)14(8-9-19-17)20-10-4-5-11-20/h2-3,6-9H,4-5,10-11H2,1H3. The third-order valence-corrected chi connectivity index (χ3v) is 4.79. The van der Waals surface area contributed by atoms with Crippen LogP contribution in [0.3, 0.4) is 0 Å². The molecule has 112 valence electrons. The molecule has 1 saturated heterocycles. The van der Waals surface area contributed by atoms with Gasteiger partial charge in [0.1, 0.15) is 22.4 Å². The molecule has 1 aromatic carbocycles. The maximum atomic E-state index is 9.60. The lowest BCUT2D eigenvalue weighted by Gasteiger charge is -2.20. The molecule has 2 heterocycles. The van der Waals surface area contributed by atoms with E-state index in [0.29, 0.717) is 5.56 Å². The highest BCUT2D eigenvalue weighted by molar-refractivity contribution is 7.99. The molecule has 0 atom stereocenters. The first-order chi connectivity index (χ1) is 10.8. The zero-order valence-electron chi connectivity index (χ0n) is 12.5. The largest absolute Gasteiger partial charge is 0.496 e. The Morgan fingerprint density at radius 1 is 1.23 bits per heavy atom. The molecule has 1 aliphatic heterocycles. The molecule has 3 rings (SSSR count). The smallest absolute Gasteiger partial charge is 0.132 e. The van der Waals surface area contributed by atoms with Gasteiger partial charge in [0.2, 0.25) is 0 Å². The molecule has 5 heteroatoms. The molecule has 4 nitrogen and oxygen atoms in total. The fourth-order valence-corrected chi connectivity index (χ4v) is 3.62. The minimum Gasteiger partial charge on any atom is -0.496 e. The van der Waals surface area contributed by atoms with E-state index >= 15 is 0 Å². The number of pyridine rings is 1.